The van der Waals surface area contributed by atoms with Gasteiger partial charge in [-0.3, -0.25) is 4.79 Å². The average Bonchev–Trinajstić information content (AvgIpc) is 2.99. The van der Waals surface area contributed by atoms with Gasteiger partial charge in [-0.15, -0.1) is 0 Å². The molecular formula is C16H16N6O2. The van der Waals surface area contributed by atoms with Gasteiger partial charge in [0.1, 0.15) is 18.2 Å². The highest BCUT2D eigenvalue weighted by atomic mass is 16.5. The lowest BCUT2D eigenvalue weighted by atomic mass is 10.3. The number of aromatic nitrogens is 4. The number of rotatable bonds is 5. The minimum Gasteiger partial charge on any atom is -0.486 e. The first-order chi connectivity index (χ1) is 11.6. The first-order valence-corrected chi connectivity index (χ1v) is 7.20. The number of nitrogens with one attached hydrogen (secondary N) is 1. The molecule has 0 aliphatic rings. The SMILES string of the molecule is Cn1ccnc1COc1ccc(NC(=O)c2nccnc2N)cc1. The van der Waals surface area contributed by atoms with Crippen LogP contribution in [-0.2, 0) is 13.7 Å². The van der Waals surface area contributed by atoms with E-state index < -0.39 is 5.91 Å². The molecule has 0 radical (unpaired) electrons. The Morgan fingerprint density at radius 3 is 2.58 bits per heavy atom. The fourth-order valence-electron chi connectivity index (χ4n) is 2.03. The summed E-state index contributed by atoms with van der Waals surface area (Å²) in [6, 6.07) is 6.99. The lowest BCUT2D eigenvalue weighted by Crippen LogP contribution is -2.16. The Balaban J connectivity index is 1.61. The molecule has 0 atom stereocenters. The van der Waals surface area contributed by atoms with Gasteiger partial charge in [-0.1, -0.05) is 0 Å². The fraction of sp³-hybridized carbons (Fsp3) is 0.125. The summed E-state index contributed by atoms with van der Waals surface area (Å²) in [5.41, 5.74) is 6.33. The van der Waals surface area contributed by atoms with Gasteiger partial charge in [0.05, 0.1) is 0 Å². The monoisotopic (exact) mass is 324 g/mol. The summed E-state index contributed by atoms with van der Waals surface area (Å²) in [5, 5.41) is 2.71. The van der Waals surface area contributed by atoms with E-state index in [9.17, 15) is 4.79 Å². The predicted octanol–water partition coefficient (Wildman–Crippen LogP) is 1.62. The van der Waals surface area contributed by atoms with Crippen LogP contribution >= 0.6 is 0 Å². The summed E-state index contributed by atoms with van der Waals surface area (Å²) in [6.45, 7) is 0.366. The standard InChI is InChI=1S/C16H16N6O2/c1-22-9-8-18-13(22)10-24-12-4-2-11(3-5-12)21-16(23)14-15(17)20-7-6-19-14/h2-9H,10H2,1H3,(H2,17,20)(H,21,23). The topological polar surface area (TPSA) is 108 Å². The van der Waals surface area contributed by atoms with Crippen LogP contribution in [-0.4, -0.2) is 25.4 Å². The molecular weight excluding hydrogens is 308 g/mol. The number of ether oxygens (including phenoxy) is 1. The zero-order valence-electron chi connectivity index (χ0n) is 13.0. The Morgan fingerprint density at radius 2 is 1.92 bits per heavy atom. The molecule has 24 heavy (non-hydrogen) atoms. The Hall–Kier alpha value is -3.42. The van der Waals surface area contributed by atoms with Crippen LogP contribution in [0, 0.1) is 0 Å². The highest BCUT2D eigenvalue weighted by molar-refractivity contribution is 6.05. The Morgan fingerprint density at radius 1 is 1.17 bits per heavy atom. The van der Waals surface area contributed by atoms with Crippen molar-refractivity contribution >= 4 is 17.4 Å². The Kier molecular flexibility index (Phi) is 4.37. The van der Waals surface area contributed by atoms with Crippen LogP contribution in [0.1, 0.15) is 16.3 Å². The van der Waals surface area contributed by atoms with Gasteiger partial charge < -0.3 is 20.4 Å². The smallest absolute Gasteiger partial charge is 0.278 e. The molecule has 0 aliphatic carbocycles. The first kappa shape index (κ1) is 15.5. The van der Waals surface area contributed by atoms with E-state index in [0.29, 0.717) is 18.0 Å². The van der Waals surface area contributed by atoms with Crippen molar-refractivity contribution in [2.45, 2.75) is 6.61 Å². The van der Waals surface area contributed by atoms with Crippen LogP contribution in [0.25, 0.3) is 0 Å². The lowest BCUT2D eigenvalue weighted by Gasteiger charge is -2.08. The summed E-state index contributed by atoms with van der Waals surface area (Å²) in [4.78, 5) is 24.1. The molecule has 2 heterocycles. The minimum atomic E-state index is -0.415. The third-order valence-electron chi connectivity index (χ3n) is 3.34. The molecule has 3 N–H and O–H groups in total. The van der Waals surface area contributed by atoms with Crippen LogP contribution < -0.4 is 15.8 Å². The number of aryl methyl sites for hydroxylation is 1. The number of benzene rings is 1. The number of hydrogen-bond acceptors (Lipinski definition) is 6. The molecule has 0 unspecified atom stereocenters. The molecule has 0 bridgehead atoms. The van der Waals surface area contributed by atoms with Crippen molar-refractivity contribution in [1.29, 1.82) is 0 Å². The maximum Gasteiger partial charge on any atom is 0.278 e. The zero-order chi connectivity index (χ0) is 16.9. The molecule has 8 nitrogen and oxygen atoms in total. The van der Waals surface area contributed by atoms with Gasteiger partial charge in [0.25, 0.3) is 5.91 Å². The number of nitrogens with two attached hydrogens (primary N) is 1. The molecule has 1 aromatic carbocycles. The Labute approximate surface area is 138 Å². The second-order valence-electron chi connectivity index (χ2n) is 5.01. The Bertz CT molecular complexity index is 844. The minimum absolute atomic E-state index is 0.0880. The van der Waals surface area contributed by atoms with Crippen molar-refractivity contribution in [1.82, 2.24) is 19.5 Å². The molecule has 122 valence electrons. The van der Waals surface area contributed by atoms with Gasteiger partial charge in [-0.25, -0.2) is 15.0 Å². The number of carbonyl (C=O) groups is 1. The number of carbonyl (C=O) groups excluding carboxylic acids is 1. The van der Waals surface area contributed by atoms with E-state index in [4.69, 9.17) is 10.5 Å². The van der Waals surface area contributed by atoms with Gasteiger partial charge in [0.15, 0.2) is 11.5 Å². The summed E-state index contributed by atoms with van der Waals surface area (Å²) in [5.74, 6) is 1.17. The number of nitrogens with zero attached hydrogens (tertiary/aromatic N) is 4. The number of anilines is 2. The van der Waals surface area contributed by atoms with Crippen LogP contribution in [0.3, 0.4) is 0 Å². The average molecular weight is 324 g/mol. The molecule has 1 amide bonds. The van der Waals surface area contributed by atoms with E-state index in [2.05, 4.69) is 20.3 Å². The maximum atomic E-state index is 12.1. The van der Waals surface area contributed by atoms with Gasteiger partial charge in [0, 0.05) is 37.5 Å². The van der Waals surface area contributed by atoms with Crippen LogP contribution in [0.4, 0.5) is 11.5 Å². The summed E-state index contributed by atoms with van der Waals surface area (Å²) >= 11 is 0. The second-order valence-corrected chi connectivity index (χ2v) is 5.01. The van der Waals surface area contributed by atoms with Gasteiger partial charge in [-0.05, 0) is 24.3 Å². The molecule has 2 aromatic heterocycles. The van der Waals surface area contributed by atoms with E-state index in [1.54, 1.807) is 30.5 Å². The van der Waals surface area contributed by atoms with Crippen molar-refractivity contribution in [2.75, 3.05) is 11.1 Å². The number of amides is 1. The summed E-state index contributed by atoms with van der Waals surface area (Å²) in [7, 11) is 1.91. The van der Waals surface area contributed by atoms with Crippen molar-refractivity contribution in [3.05, 3.63) is 60.6 Å². The largest absolute Gasteiger partial charge is 0.486 e. The van der Waals surface area contributed by atoms with E-state index in [-0.39, 0.29) is 11.5 Å². The van der Waals surface area contributed by atoms with Gasteiger partial charge >= 0.3 is 0 Å². The molecule has 3 aromatic rings. The highest BCUT2D eigenvalue weighted by Gasteiger charge is 2.12. The van der Waals surface area contributed by atoms with Crippen LogP contribution in [0.5, 0.6) is 5.75 Å². The molecule has 3 rings (SSSR count). The molecule has 0 saturated carbocycles. The van der Waals surface area contributed by atoms with Crippen molar-refractivity contribution in [3.8, 4) is 5.75 Å². The molecule has 0 saturated heterocycles. The van der Waals surface area contributed by atoms with Crippen molar-refractivity contribution < 1.29 is 9.53 Å². The third-order valence-corrected chi connectivity index (χ3v) is 3.34. The number of hydrogen-bond donors (Lipinski definition) is 2. The molecule has 0 spiro atoms. The maximum absolute atomic E-state index is 12.1. The molecule has 0 fully saturated rings. The van der Waals surface area contributed by atoms with Crippen LogP contribution in [0.2, 0.25) is 0 Å². The highest BCUT2D eigenvalue weighted by Crippen LogP contribution is 2.17. The molecule has 0 aliphatic heterocycles. The van der Waals surface area contributed by atoms with Crippen molar-refractivity contribution in [2.24, 2.45) is 7.05 Å². The van der Waals surface area contributed by atoms with E-state index in [1.165, 1.54) is 12.4 Å². The number of imidazole rings is 1. The van der Waals surface area contributed by atoms with Gasteiger partial charge in [-0.2, -0.15) is 0 Å². The lowest BCUT2D eigenvalue weighted by molar-refractivity contribution is 0.102. The van der Waals surface area contributed by atoms with E-state index >= 15 is 0 Å². The summed E-state index contributed by atoms with van der Waals surface area (Å²) < 4.78 is 7.55. The fourth-order valence-corrected chi connectivity index (χ4v) is 2.03. The first-order valence-electron chi connectivity index (χ1n) is 7.20. The van der Waals surface area contributed by atoms with Gasteiger partial charge in [0.2, 0.25) is 0 Å². The van der Waals surface area contributed by atoms with E-state index in [0.717, 1.165) is 5.82 Å². The number of nitrogen functional groups attached to an aromatic ring is 1. The van der Waals surface area contributed by atoms with Crippen LogP contribution in [0.15, 0.2) is 49.1 Å². The predicted molar refractivity (Wildman–Crippen MR) is 88.4 cm³/mol. The van der Waals surface area contributed by atoms with E-state index in [1.807, 2.05) is 17.8 Å². The third kappa shape index (κ3) is 3.49. The molecule has 8 heteroatoms. The zero-order valence-corrected chi connectivity index (χ0v) is 13.0. The van der Waals surface area contributed by atoms with Crippen molar-refractivity contribution in [3.63, 3.8) is 0 Å². The quantitative estimate of drug-likeness (QED) is 0.738. The second kappa shape index (κ2) is 6.78. The normalized spacial score (nSPS) is 10.4. The summed E-state index contributed by atoms with van der Waals surface area (Å²) in [6.07, 6.45) is 6.42.